The van der Waals surface area contributed by atoms with Crippen molar-refractivity contribution in [3.05, 3.63) is 116 Å². The number of nitrogens with zero attached hydrogens (tertiary/aromatic N) is 3. The lowest BCUT2D eigenvalue weighted by Crippen LogP contribution is -2.17. The lowest BCUT2D eigenvalue weighted by atomic mass is 10.1. The number of non-ortho nitro benzene ring substituents is 1. The van der Waals surface area contributed by atoms with Crippen LogP contribution in [0.25, 0.3) is 17.8 Å². The molecule has 0 unspecified atom stereocenters. The van der Waals surface area contributed by atoms with E-state index in [2.05, 4.69) is 10.1 Å². The van der Waals surface area contributed by atoms with Crippen LogP contribution in [0.2, 0.25) is 0 Å². The Balaban J connectivity index is 1.76. The van der Waals surface area contributed by atoms with Crippen LogP contribution in [-0.4, -0.2) is 26.0 Å². The van der Waals surface area contributed by atoms with Crippen molar-refractivity contribution in [2.45, 2.75) is 6.92 Å². The molecule has 0 aliphatic carbocycles. The number of aromatic hydroxyl groups is 1. The number of hydrogen-bond donors (Lipinski definition) is 2. The van der Waals surface area contributed by atoms with Crippen molar-refractivity contribution in [2.75, 3.05) is 0 Å². The number of phenols is 1. The summed E-state index contributed by atoms with van der Waals surface area (Å²) >= 11 is 0. The average molecular weight is 440 g/mol. The van der Waals surface area contributed by atoms with Crippen molar-refractivity contribution < 1.29 is 10.0 Å². The number of rotatable bonds is 6. The molecule has 0 saturated heterocycles. The van der Waals surface area contributed by atoms with Gasteiger partial charge in [-0.3, -0.25) is 25.0 Å². The van der Waals surface area contributed by atoms with E-state index in [4.69, 9.17) is 0 Å². The number of para-hydroxylation sites is 2. The van der Waals surface area contributed by atoms with Gasteiger partial charge in [0.2, 0.25) is 0 Å². The van der Waals surface area contributed by atoms with Gasteiger partial charge in [0.05, 0.1) is 21.9 Å². The number of benzene rings is 3. The van der Waals surface area contributed by atoms with Crippen LogP contribution < -0.4 is 5.56 Å². The summed E-state index contributed by atoms with van der Waals surface area (Å²) in [6.07, 6.45) is 4.86. The first-order valence-electron chi connectivity index (χ1n) is 10.1. The fraction of sp³-hybridized carbons (Fsp3) is 0.0400. The third-order valence-corrected chi connectivity index (χ3v) is 5.01. The molecule has 0 bridgehead atoms. The number of aromatic nitrogens is 2. The second-order valence-corrected chi connectivity index (χ2v) is 7.34. The second-order valence-electron chi connectivity index (χ2n) is 7.34. The average Bonchev–Trinajstić information content (AvgIpc) is 3.13. The van der Waals surface area contributed by atoms with Crippen LogP contribution >= 0.6 is 0 Å². The second kappa shape index (κ2) is 9.19. The van der Waals surface area contributed by atoms with Crippen molar-refractivity contribution in [3.8, 4) is 11.4 Å². The van der Waals surface area contributed by atoms with E-state index in [0.29, 0.717) is 22.6 Å². The molecule has 0 radical (unpaired) electrons. The van der Waals surface area contributed by atoms with Crippen LogP contribution in [-0.2, 0) is 0 Å². The predicted octanol–water partition coefficient (Wildman–Crippen LogP) is 5.01. The molecule has 0 amide bonds. The summed E-state index contributed by atoms with van der Waals surface area (Å²) in [5.41, 5.74) is 3.30. The minimum Gasteiger partial charge on any atom is -0.506 e. The van der Waals surface area contributed by atoms with Crippen molar-refractivity contribution in [1.29, 1.82) is 0 Å². The fourth-order valence-corrected chi connectivity index (χ4v) is 3.19. The molecule has 164 valence electrons. The first kappa shape index (κ1) is 21.5. The maximum absolute atomic E-state index is 13.2. The molecule has 0 aliphatic rings. The number of nitrogens with one attached hydrogen (secondary N) is 1. The number of nitro groups is 1. The third kappa shape index (κ3) is 4.80. The summed E-state index contributed by atoms with van der Waals surface area (Å²) in [5.74, 6) is 0.00566. The van der Waals surface area contributed by atoms with Gasteiger partial charge in [-0.1, -0.05) is 35.9 Å². The highest BCUT2D eigenvalue weighted by Crippen LogP contribution is 2.25. The Morgan fingerprint density at radius 1 is 1.00 bits per heavy atom. The Morgan fingerprint density at radius 3 is 2.36 bits per heavy atom. The Morgan fingerprint density at radius 2 is 1.70 bits per heavy atom. The highest BCUT2D eigenvalue weighted by Gasteiger charge is 2.13. The monoisotopic (exact) mass is 440 g/mol. The number of phenolic OH excluding ortho intramolecular Hbond substituents is 1. The van der Waals surface area contributed by atoms with Gasteiger partial charge in [0.25, 0.3) is 11.2 Å². The van der Waals surface area contributed by atoms with E-state index < -0.39 is 4.92 Å². The molecule has 8 heteroatoms. The van der Waals surface area contributed by atoms with Gasteiger partial charge < -0.3 is 5.11 Å². The highest BCUT2D eigenvalue weighted by atomic mass is 16.6. The molecule has 2 N–H and O–H groups in total. The zero-order valence-electron chi connectivity index (χ0n) is 17.7. The van der Waals surface area contributed by atoms with Crippen LogP contribution in [0.5, 0.6) is 5.75 Å². The number of aromatic amines is 1. The molecule has 3 aromatic carbocycles. The van der Waals surface area contributed by atoms with Gasteiger partial charge in [-0.15, -0.1) is 0 Å². The SMILES string of the molecule is Cc1ccc(-n2[nH]c(/C=C/c3ccc([N+](=O)[O-])cc3)c(C=Nc3ccccc3O)c2=O)cc1. The number of aliphatic imine (C=N–C) groups is 1. The van der Waals surface area contributed by atoms with Crippen LogP contribution in [0.3, 0.4) is 0 Å². The molecule has 0 saturated carbocycles. The molecular formula is C25H20N4O4. The molecule has 8 nitrogen and oxygen atoms in total. The maximum atomic E-state index is 13.2. The van der Waals surface area contributed by atoms with E-state index in [9.17, 15) is 20.0 Å². The van der Waals surface area contributed by atoms with Gasteiger partial charge in [-0.25, -0.2) is 4.68 Å². The van der Waals surface area contributed by atoms with Gasteiger partial charge in [-0.2, -0.15) is 0 Å². The number of aryl methyl sites for hydroxylation is 1. The summed E-state index contributed by atoms with van der Waals surface area (Å²) in [5, 5.41) is 23.9. The smallest absolute Gasteiger partial charge is 0.280 e. The largest absolute Gasteiger partial charge is 0.506 e. The van der Waals surface area contributed by atoms with Gasteiger partial charge in [-0.05, 0) is 55.0 Å². The van der Waals surface area contributed by atoms with E-state index in [1.54, 1.807) is 42.5 Å². The predicted molar refractivity (Wildman–Crippen MR) is 129 cm³/mol. The van der Waals surface area contributed by atoms with Crippen LogP contribution in [0.1, 0.15) is 22.4 Å². The summed E-state index contributed by atoms with van der Waals surface area (Å²) in [4.78, 5) is 27.9. The van der Waals surface area contributed by atoms with Crippen molar-refractivity contribution in [2.24, 2.45) is 4.99 Å². The maximum Gasteiger partial charge on any atom is 0.280 e. The summed E-state index contributed by atoms with van der Waals surface area (Å²) < 4.78 is 1.42. The normalized spacial score (nSPS) is 11.4. The quantitative estimate of drug-likeness (QED) is 0.249. The number of hydrogen-bond acceptors (Lipinski definition) is 5. The van der Waals surface area contributed by atoms with Crippen LogP contribution in [0.15, 0.2) is 82.6 Å². The minimum absolute atomic E-state index is 0.00146. The standard InChI is InChI=1S/C25H20N4O4/c1-17-6-11-19(12-7-17)28-25(31)21(16-26-23-4-2-3-5-24(23)30)22(27-28)15-10-18-8-13-20(14-9-18)29(32)33/h2-16,27,30H,1H3/b15-10+,26-16?. The Bertz CT molecular complexity index is 1410. The topological polar surface area (TPSA) is 114 Å². The lowest BCUT2D eigenvalue weighted by Gasteiger charge is -2.01. The third-order valence-electron chi connectivity index (χ3n) is 5.01. The van der Waals surface area contributed by atoms with E-state index in [0.717, 1.165) is 11.1 Å². The highest BCUT2D eigenvalue weighted by molar-refractivity contribution is 5.88. The molecule has 0 spiro atoms. The Labute approximate surface area is 188 Å². The summed E-state index contributed by atoms with van der Waals surface area (Å²) in [6, 6.07) is 20.2. The minimum atomic E-state index is -0.458. The van der Waals surface area contributed by atoms with Crippen molar-refractivity contribution >= 4 is 29.7 Å². The van der Waals surface area contributed by atoms with Gasteiger partial charge in [0.15, 0.2) is 0 Å². The fourth-order valence-electron chi connectivity index (χ4n) is 3.19. The molecule has 33 heavy (non-hydrogen) atoms. The van der Waals surface area contributed by atoms with E-state index in [-0.39, 0.29) is 17.0 Å². The molecule has 0 aliphatic heterocycles. The van der Waals surface area contributed by atoms with Crippen molar-refractivity contribution in [1.82, 2.24) is 9.78 Å². The summed E-state index contributed by atoms with van der Waals surface area (Å²) in [6.45, 7) is 1.96. The first-order chi connectivity index (χ1) is 15.9. The molecular weight excluding hydrogens is 420 g/mol. The van der Waals surface area contributed by atoms with E-state index in [1.165, 1.54) is 29.1 Å². The van der Waals surface area contributed by atoms with Gasteiger partial charge in [0, 0.05) is 18.3 Å². The molecule has 1 aromatic heterocycles. The number of H-pyrrole nitrogens is 1. The molecule has 4 aromatic rings. The molecule has 0 atom stereocenters. The molecule has 1 heterocycles. The molecule has 0 fully saturated rings. The Hall–Kier alpha value is -4.72. The Kier molecular flexibility index (Phi) is 5.99. The van der Waals surface area contributed by atoms with Gasteiger partial charge in [0.1, 0.15) is 11.4 Å². The van der Waals surface area contributed by atoms with E-state index in [1.807, 2.05) is 31.2 Å². The summed E-state index contributed by atoms with van der Waals surface area (Å²) in [7, 11) is 0. The van der Waals surface area contributed by atoms with Gasteiger partial charge >= 0.3 is 0 Å². The van der Waals surface area contributed by atoms with Crippen molar-refractivity contribution in [3.63, 3.8) is 0 Å². The van der Waals surface area contributed by atoms with E-state index >= 15 is 0 Å². The van der Waals surface area contributed by atoms with Crippen LogP contribution in [0, 0.1) is 17.0 Å². The lowest BCUT2D eigenvalue weighted by molar-refractivity contribution is -0.384. The zero-order chi connectivity index (χ0) is 23.4. The molecule has 4 rings (SSSR count). The number of nitro benzene ring substituents is 1. The first-order valence-corrected chi connectivity index (χ1v) is 10.1. The van der Waals surface area contributed by atoms with Crippen LogP contribution in [0.4, 0.5) is 11.4 Å². The zero-order valence-corrected chi connectivity index (χ0v) is 17.7.